The molecule has 21 heavy (non-hydrogen) atoms. The number of rotatable bonds is 5. The van der Waals surface area contributed by atoms with Crippen LogP contribution in [0.4, 0.5) is 5.69 Å². The van der Waals surface area contributed by atoms with E-state index in [1.807, 2.05) is 4.90 Å². The molecule has 0 saturated carbocycles. The monoisotopic (exact) mass is 303 g/mol. The molecule has 0 radical (unpaired) electrons. The van der Waals surface area contributed by atoms with E-state index in [4.69, 9.17) is 5.73 Å². The van der Waals surface area contributed by atoms with Gasteiger partial charge in [0.1, 0.15) is 5.69 Å². The molecule has 5 heteroatoms. The maximum Gasteiger partial charge on any atom is 0.273 e. The van der Waals surface area contributed by atoms with E-state index >= 15 is 0 Å². The fraction of sp³-hybridized carbons (Fsp3) is 0.375. The van der Waals surface area contributed by atoms with Crippen LogP contribution in [0.3, 0.4) is 0 Å². The Kier molecular flexibility index (Phi) is 4.96. The number of nitrogens with two attached hydrogens (primary N) is 1. The highest BCUT2D eigenvalue weighted by Gasteiger charge is 2.22. The molecular weight excluding hydrogens is 282 g/mol. The zero-order valence-electron chi connectivity index (χ0n) is 12.7. The van der Waals surface area contributed by atoms with Gasteiger partial charge in [-0.2, -0.15) is 0 Å². The fourth-order valence-electron chi connectivity index (χ4n) is 2.08. The van der Waals surface area contributed by atoms with Gasteiger partial charge in [-0.25, -0.2) is 0 Å². The summed E-state index contributed by atoms with van der Waals surface area (Å²) in [6, 6.07) is 5.56. The number of nitrogen functional groups attached to an aromatic ring is 1. The van der Waals surface area contributed by atoms with Gasteiger partial charge in [-0.1, -0.05) is 6.92 Å². The maximum absolute atomic E-state index is 12.7. The standard InChI is InChI=1S/C16H21N3OS/c1-4-12(3)19(10-15-11(2)6-8-21-15)16(20)14-9-13(17)5-7-18-14/h5-9,12H,4,10H2,1-3H3,(H2,17,18)/t12-/m0/s1. The molecule has 2 aromatic rings. The molecule has 112 valence electrons. The Morgan fingerprint density at radius 3 is 2.81 bits per heavy atom. The van der Waals surface area contributed by atoms with Crippen LogP contribution in [0.2, 0.25) is 0 Å². The second kappa shape index (κ2) is 6.72. The number of amides is 1. The van der Waals surface area contributed by atoms with Crippen LogP contribution in [0.1, 0.15) is 41.2 Å². The summed E-state index contributed by atoms with van der Waals surface area (Å²) in [6.45, 7) is 6.84. The van der Waals surface area contributed by atoms with Gasteiger partial charge < -0.3 is 10.6 Å². The molecule has 0 fully saturated rings. The molecule has 0 spiro atoms. The van der Waals surface area contributed by atoms with E-state index in [0.717, 1.165) is 6.42 Å². The number of nitrogens with zero attached hydrogens (tertiary/aromatic N) is 2. The van der Waals surface area contributed by atoms with Crippen LogP contribution in [0.25, 0.3) is 0 Å². The second-order valence-corrected chi connectivity index (χ2v) is 6.19. The van der Waals surface area contributed by atoms with E-state index in [-0.39, 0.29) is 11.9 Å². The Balaban J connectivity index is 2.27. The molecule has 1 amide bonds. The van der Waals surface area contributed by atoms with Crippen molar-refractivity contribution in [1.29, 1.82) is 0 Å². The van der Waals surface area contributed by atoms with Crippen molar-refractivity contribution in [3.05, 3.63) is 45.9 Å². The van der Waals surface area contributed by atoms with Gasteiger partial charge in [0.15, 0.2) is 0 Å². The largest absolute Gasteiger partial charge is 0.399 e. The molecule has 2 N–H and O–H groups in total. The minimum Gasteiger partial charge on any atom is -0.399 e. The van der Waals surface area contributed by atoms with Gasteiger partial charge in [0.25, 0.3) is 5.91 Å². The van der Waals surface area contributed by atoms with Crippen molar-refractivity contribution in [2.45, 2.75) is 39.8 Å². The summed E-state index contributed by atoms with van der Waals surface area (Å²) >= 11 is 1.68. The minimum absolute atomic E-state index is 0.0653. The number of hydrogen-bond donors (Lipinski definition) is 1. The van der Waals surface area contributed by atoms with Gasteiger partial charge in [-0.05, 0) is 49.4 Å². The summed E-state index contributed by atoms with van der Waals surface area (Å²) in [4.78, 5) is 20.0. The van der Waals surface area contributed by atoms with E-state index in [1.165, 1.54) is 10.4 Å². The number of hydrogen-bond acceptors (Lipinski definition) is 4. The lowest BCUT2D eigenvalue weighted by Crippen LogP contribution is -2.38. The molecule has 0 aliphatic heterocycles. The number of carbonyl (C=O) groups excluding carboxylic acids is 1. The van der Waals surface area contributed by atoms with Gasteiger partial charge >= 0.3 is 0 Å². The predicted octanol–water partition coefficient (Wildman–Crippen LogP) is 3.47. The van der Waals surface area contributed by atoms with Crippen LogP contribution in [0.15, 0.2) is 29.8 Å². The van der Waals surface area contributed by atoms with Crippen molar-refractivity contribution in [1.82, 2.24) is 9.88 Å². The predicted molar refractivity (Wildman–Crippen MR) is 87.3 cm³/mol. The fourth-order valence-corrected chi connectivity index (χ4v) is 2.98. The third kappa shape index (κ3) is 3.61. The summed E-state index contributed by atoms with van der Waals surface area (Å²) in [5.74, 6) is -0.0653. The molecule has 0 aromatic carbocycles. The van der Waals surface area contributed by atoms with E-state index < -0.39 is 0 Å². The maximum atomic E-state index is 12.7. The number of aromatic nitrogens is 1. The van der Waals surface area contributed by atoms with Crippen molar-refractivity contribution in [2.24, 2.45) is 0 Å². The Labute approximate surface area is 129 Å². The van der Waals surface area contributed by atoms with Crippen LogP contribution < -0.4 is 5.73 Å². The molecule has 0 aliphatic carbocycles. The highest BCUT2D eigenvalue weighted by Crippen LogP contribution is 2.21. The third-order valence-electron chi connectivity index (χ3n) is 3.67. The average Bonchev–Trinajstić information content (AvgIpc) is 2.88. The van der Waals surface area contributed by atoms with Gasteiger partial charge in [0, 0.05) is 22.8 Å². The summed E-state index contributed by atoms with van der Waals surface area (Å²) in [6.07, 6.45) is 2.48. The number of anilines is 1. The Morgan fingerprint density at radius 2 is 2.24 bits per heavy atom. The SMILES string of the molecule is CC[C@H](C)N(Cc1sccc1C)C(=O)c1cc(N)ccn1. The zero-order valence-corrected chi connectivity index (χ0v) is 13.5. The van der Waals surface area contributed by atoms with Crippen LogP contribution in [0, 0.1) is 6.92 Å². The van der Waals surface area contributed by atoms with Crippen molar-refractivity contribution in [2.75, 3.05) is 5.73 Å². The topological polar surface area (TPSA) is 59.2 Å². The van der Waals surface area contributed by atoms with Gasteiger partial charge in [-0.3, -0.25) is 9.78 Å². The zero-order chi connectivity index (χ0) is 15.4. The summed E-state index contributed by atoms with van der Waals surface area (Å²) in [7, 11) is 0. The quantitative estimate of drug-likeness (QED) is 0.920. The lowest BCUT2D eigenvalue weighted by Gasteiger charge is -2.28. The molecule has 2 heterocycles. The second-order valence-electron chi connectivity index (χ2n) is 5.19. The Bertz CT molecular complexity index is 623. The van der Waals surface area contributed by atoms with E-state index in [1.54, 1.807) is 29.7 Å². The summed E-state index contributed by atoms with van der Waals surface area (Å²) in [5, 5.41) is 2.06. The first-order chi connectivity index (χ1) is 10.0. The molecule has 0 bridgehead atoms. The lowest BCUT2D eigenvalue weighted by atomic mass is 10.1. The number of thiophene rings is 1. The first-order valence-corrected chi connectivity index (χ1v) is 7.96. The Hall–Kier alpha value is -1.88. The molecular formula is C16H21N3OS. The van der Waals surface area contributed by atoms with Gasteiger partial charge in [0.05, 0.1) is 6.54 Å². The number of pyridine rings is 1. The van der Waals surface area contributed by atoms with E-state index in [0.29, 0.717) is 17.9 Å². The lowest BCUT2D eigenvalue weighted by molar-refractivity contribution is 0.0667. The number of aryl methyl sites for hydroxylation is 1. The third-order valence-corrected chi connectivity index (χ3v) is 4.68. The number of carbonyl (C=O) groups is 1. The molecule has 2 rings (SSSR count). The van der Waals surface area contributed by atoms with Crippen LogP contribution in [-0.4, -0.2) is 21.8 Å². The van der Waals surface area contributed by atoms with E-state index in [9.17, 15) is 4.79 Å². The molecule has 4 nitrogen and oxygen atoms in total. The molecule has 2 aromatic heterocycles. The van der Waals surface area contributed by atoms with Crippen LogP contribution in [-0.2, 0) is 6.54 Å². The average molecular weight is 303 g/mol. The molecule has 0 aliphatic rings. The normalized spacial score (nSPS) is 12.1. The molecule has 0 saturated heterocycles. The van der Waals surface area contributed by atoms with Crippen molar-refractivity contribution in [3.63, 3.8) is 0 Å². The molecule has 0 unspecified atom stereocenters. The first kappa shape index (κ1) is 15.5. The highest BCUT2D eigenvalue weighted by molar-refractivity contribution is 7.10. The summed E-state index contributed by atoms with van der Waals surface area (Å²) < 4.78 is 0. The first-order valence-electron chi connectivity index (χ1n) is 7.08. The van der Waals surface area contributed by atoms with Gasteiger partial charge in [-0.15, -0.1) is 11.3 Å². The summed E-state index contributed by atoms with van der Waals surface area (Å²) in [5.41, 5.74) is 7.95. The van der Waals surface area contributed by atoms with E-state index in [2.05, 4.69) is 37.2 Å². The van der Waals surface area contributed by atoms with Crippen LogP contribution in [0.5, 0.6) is 0 Å². The van der Waals surface area contributed by atoms with Crippen molar-refractivity contribution < 1.29 is 4.79 Å². The van der Waals surface area contributed by atoms with Crippen LogP contribution >= 0.6 is 11.3 Å². The smallest absolute Gasteiger partial charge is 0.273 e. The van der Waals surface area contributed by atoms with Crippen molar-refractivity contribution in [3.8, 4) is 0 Å². The van der Waals surface area contributed by atoms with Crippen molar-refractivity contribution >= 4 is 22.9 Å². The highest BCUT2D eigenvalue weighted by atomic mass is 32.1. The minimum atomic E-state index is -0.0653. The van der Waals surface area contributed by atoms with Gasteiger partial charge in [0.2, 0.25) is 0 Å². The Morgan fingerprint density at radius 1 is 1.48 bits per heavy atom. The molecule has 1 atom stereocenters.